The summed E-state index contributed by atoms with van der Waals surface area (Å²) in [7, 11) is 0. The zero-order valence-electron chi connectivity index (χ0n) is 9.03. The van der Waals surface area contributed by atoms with Gasteiger partial charge in [-0.25, -0.2) is 0 Å². The predicted molar refractivity (Wildman–Crippen MR) is 57.2 cm³/mol. The molecule has 1 aliphatic heterocycles. The zero-order chi connectivity index (χ0) is 11.0. The van der Waals surface area contributed by atoms with E-state index < -0.39 is 0 Å². The van der Waals surface area contributed by atoms with Crippen LogP contribution in [0.25, 0.3) is 0 Å². The Morgan fingerprint density at radius 2 is 2.38 bits per heavy atom. The van der Waals surface area contributed by atoms with Gasteiger partial charge in [-0.05, 0) is 25.8 Å². The largest absolute Gasteiger partial charge is 0.360 e. The number of carbonyl (C=O) groups is 1. The molecular formula is C11H15N3O2. The maximum Gasteiger partial charge on any atom is 0.273 e. The molecule has 0 bridgehead atoms. The van der Waals surface area contributed by atoms with Gasteiger partial charge < -0.3 is 15.2 Å². The molecule has 2 fully saturated rings. The summed E-state index contributed by atoms with van der Waals surface area (Å²) < 4.78 is 5.15. The van der Waals surface area contributed by atoms with E-state index >= 15 is 0 Å². The Labute approximate surface area is 93.6 Å². The lowest BCUT2D eigenvalue weighted by molar-refractivity contribution is 0.0931. The topological polar surface area (TPSA) is 67.2 Å². The molecule has 1 amide bonds. The van der Waals surface area contributed by atoms with Crippen LogP contribution in [0.3, 0.4) is 0 Å². The fraction of sp³-hybridized carbons (Fsp3) is 0.636. The third-order valence-corrected chi connectivity index (χ3v) is 3.14. The third-order valence-electron chi connectivity index (χ3n) is 3.14. The monoisotopic (exact) mass is 221 g/mol. The Hall–Kier alpha value is -1.36. The predicted octanol–water partition coefficient (Wildman–Crippen LogP) is 0.644. The number of amides is 1. The van der Waals surface area contributed by atoms with Gasteiger partial charge in [0, 0.05) is 24.6 Å². The summed E-state index contributed by atoms with van der Waals surface area (Å²) in [5, 5.41) is 9.96. The normalized spacial score (nSPS) is 24.6. The summed E-state index contributed by atoms with van der Waals surface area (Å²) in [6.45, 7) is 1.82. The van der Waals surface area contributed by atoms with Gasteiger partial charge in [-0.1, -0.05) is 5.16 Å². The van der Waals surface area contributed by atoms with Gasteiger partial charge in [0.15, 0.2) is 5.69 Å². The Kier molecular flexibility index (Phi) is 2.40. The Morgan fingerprint density at radius 1 is 1.50 bits per heavy atom. The van der Waals surface area contributed by atoms with Crippen molar-refractivity contribution in [1.29, 1.82) is 0 Å². The van der Waals surface area contributed by atoms with Gasteiger partial charge in [0.1, 0.15) is 5.76 Å². The summed E-state index contributed by atoms with van der Waals surface area (Å²) >= 11 is 0. The Balaban J connectivity index is 1.63. The van der Waals surface area contributed by atoms with Crippen LogP contribution in [-0.2, 0) is 0 Å². The first-order valence-electron chi connectivity index (χ1n) is 5.81. The van der Waals surface area contributed by atoms with E-state index in [1.165, 1.54) is 0 Å². The van der Waals surface area contributed by atoms with Gasteiger partial charge in [0.2, 0.25) is 0 Å². The molecule has 1 aliphatic carbocycles. The molecule has 2 aliphatic rings. The molecule has 1 saturated carbocycles. The van der Waals surface area contributed by atoms with Crippen molar-refractivity contribution < 1.29 is 9.32 Å². The maximum atomic E-state index is 11.8. The van der Waals surface area contributed by atoms with Crippen molar-refractivity contribution in [3.8, 4) is 0 Å². The highest BCUT2D eigenvalue weighted by Gasteiger charge is 2.29. The molecule has 3 rings (SSSR count). The number of aromatic nitrogens is 1. The summed E-state index contributed by atoms with van der Waals surface area (Å²) in [6, 6.07) is 2.00. The van der Waals surface area contributed by atoms with E-state index in [1.807, 2.05) is 0 Å². The van der Waals surface area contributed by atoms with Gasteiger partial charge in [-0.15, -0.1) is 0 Å². The number of carbonyl (C=O) groups excluding carboxylic acids is 1. The molecule has 1 aromatic rings. The molecule has 0 radical (unpaired) electrons. The van der Waals surface area contributed by atoms with Crippen molar-refractivity contribution in [3.05, 3.63) is 17.5 Å². The van der Waals surface area contributed by atoms with E-state index in [0.29, 0.717) is 11.6 Å². The second kappa shape index (κ2) is 3.90. The van der Waals surface area contributed by atoms with Gasteiger partial charge in [-0.2, -0.15) is 0 Å². The number of hydrogen-bond donors (Lipinski definition) is 2. The Bertz CT molecular complexity index is 392. The maximum absolute atomic E-state index is 11.8. The lowest BCUT2D eigenvalue weighted by Crippen LogP contribution is -2.36. The minimum absolute atomic E-state index is 0.121. The second-order valence-electron chi connectivity index (χ2n) is 4.55. The molecule has 2 heterocycles. The molecule has 5 heteroatoms. The van der Waals surface area contributed by atoms with Crippen LogP contribution in [-0.4, -0.2) is 30.2 Å². The molecule has 1 atom stereocenters. The van der Waals surface area contributed by atoms with E-state index in [1.54, 1.807) is 6.07 Å². The van der Waals surface area contributed by atoms with Crippen molar-refractivity contribution >= 4 is 5.91 Å². The molecular weight excluding hydrogens is 206 g/mol. The number of rotatable bonds is 3. The smallest absolute Gasteiger partial charge is 0.273 e. The van der Waals surface area contributed by atoms with Crippen molar-refractivity contribution in [2.24, 2.45) is 0 Å². The number of nitrogens with zero attached hydrogens (tertiary/aromatic N) is 1. The van der Waals surface area contributed by atoms with E-state index in [2.05, 4.69) is 15.8 Å². The summed E-state index contributed by atoms with van der Waals surface area (Å²) in [5.41, 5.74) is 0.411. The van der Waals surface area contributed by atoms with Gasteiger partial charge >= 0.3 is 0 Å². The number of nitrogens with one attached hydrogen (secondary N) is 2. The molecule has 1 saturated heterocycles. The summed E-state index contributed by atoms with van der Waals surface area (Å²) in [4.78, 5) is 11.8. The molecule has 16 heavy (non-hydrogen) atoms. The van der Waals surface area contributed by atoms with Gasteiger partial charge in [0.05, 0.1) is 0 Å². The minimum Gasteiger partial charge on any atom is -0.360 e. The van der Waals surface area contributed by atoms with E-state index in [4.69, 9.17) is 4.52 Å². The molecule has 1 aromatic heterocycles. The van der Waals surface area contributed by atoms with Gasteiger partial charge in [-0.3, -0.25) is 4.79 Å². The third kappa shape index (κ3) is 1.95. The number of hydrogen-bond acceptors (Lipinski definition) is 4. The minimum atomic E-state index is -0.121. The fourth-order valence-electron chi connectivity index (χ4n) is 1.99. The van der Waals surface area contributed by atoms with E-state index in [-0.39, 0.29) is 11.9 Å². The van der Waals surface area contributed by atoms with Crippen molar-refractivity contribution in [3.63, 3.8) is 0 Å². The molecule has 86 valence electrons. The molecule has 0 spiro atoms. The van der Waals surface area contributed by atoms with Crippen molar-refractivity contribution in [1.82, 2.24) is 15.8 Å². The highest BCUT2D eigenvalue weighted by atomic mass is 16.5. The van der Waals surface area contributed by atoms with Crippen LogP contribution in [0.4, 0.5) is 0 Å². The molecule has 0 aromatic carbocycles. The first kappa shape index (κ1) is 9.84. The standard InChI is InChI=1S/C11H15N3O2/c15-11(13-8-3-4-12-6-8)9-5-10(16-14-9)7-1-2-7/h5,7-8,12H,1-4,6H2,(H,13,15)/t8-/m0/s1. The van der Waals surface area contributed by atoms with Crippen LogP contribution < -0.4 is 10.6 Å². The highest BCUT2D eigenvalue weighted by molar-refractivity contribution is 5.92. The highest BCUT2D eigenvalue weighted by Crippen LogP contribution is 2.40. The second-order valence-corrected chi connectivity index (χ2v) is 4.55. The molecule has 0 unspecified atom stereocenters. The quantitative estimate of drug-likeness (QED) is 0.786. The zero-order valence-corrected chi connectivity index (χ0v) is 9.03. The summed E-state index contributed by atoms with van der Waals surface area (Å²) in [5.74, 6) is 1.24. The average molecular weight is 221 g/mol. The van der Waals surface area contributed by atoms with Crippen LogP contribution >= 0.6 is 0 Å². The summed E-state index contributed by atoms with van der Waals surface area (Å²) in [6.07, 6.45) is 3.30. The van der Waals surface area contributed by atoms with Crippen LogP contribution in [0.5, 0.6) is 0 Å². The molecule has 2 N–H and O–H groups in total. The molecule has 5 nitrogen and oxygen atoms in total. The van der Waals surface area contributed by atoms with Crippen LogP contribution in [0.1, 0.15) is 41.4 Å². The van der Waals surface area contributed by atoms with E-state index in [0.717, 1.165) is 38.1 Å². The van der Waals surface area contributed by atoms with E-state index in [9.17, 15) is 4.79 Å². The Morgan fingerprint density at radius 3 is 3.06 bits per heavy atom. The SMILES string of the molecule is O=C(N[C@H]1CCNC1)c1cc(C2CC2)on1. The van der Waals surface area contributed by atoms with Gasteiger partial charge in [0.25, 0.3) is 5.91 Å². The van der Waals surface area contributed by atoms with Crippen LogP contribution in [0.15, 0.2) is 10.6 Å². The first-order chi connectivity index (χ1) is 7.83. The first-order valence-corrected chi connectivity index (χ1v) is 5.81. The lowest BCUT2D eigenvalue weighted by Gasteiger charge is -2.08. The van der Waals surface area contributed by atoms with Crippen molar-refractivity contribution in [2.45, 2.75) is 31.2 Å². The van der Waals surface area contributed by atoms with Crippen molar-refractivity contribution in [2.75, 3.05) is 13.1 Å². The fourth-order valence-corrected chi connectivity index (χ4v) is 1.99. The van der Waals surface area contributed by atoms with Crippen LogP contribution in [0, 0.1) is 0 Å². The van der Waals surface area contributed by atoms with Crippen LogP contribution in [0.2, 0.25) is 0 Å². The lowest BCUT2D eigenvalue weighted by atomic mass is 10.2. The average Bonchev–Trinajstić information content (AvgIpc) is 2.82.